The Morgan fingerprint density at radius 2 is 1.95 bits per heavy atom. The summed E-state index contributed by atoms with van der Waals surface area (Å²) in [4.78, 5) is 11.7. The second kappa shape index (κ2) is 8.62. The van der Waals surface area contributed by atoms with E-state index in [1.165, 1.54) is 0 Å². The predicted octanol–water partition coefficient (Wildman–Crippen LogP) is 3.07. The number of hydrogen-bond acceptors (Lipinski definition) is 4. The summed E-state index contributed by atoms with van der Waals surface area (Å²) in [6.07, 6.45) is 1.31. The van der Waals surface area contributed by atoms with E-state index >= 15 is 0 Å². The van der Waals surface area contributed by atoms with Crippen LogP contribution in [0.4, 0.5) is 5.69 Å². The van der Waals surface area contributed by atoms with Crippen LogP contribution >= 0.6 is 11.6 Å². The average Bonchev–Trinajstić information content (AvgIpc) is 2.47. The summed E-state index contributed by atoms with van der Waals surface area (Å²) in [5.41, 5.74) is 0.745. The number of anilines is 1. The average molecular weight is 315 g/mol. The molecule has 0 saturated heterocycles. The number of carbonyl (C=O) groups excluding carboxylic acids is 1. The number of carbonyl (C=O) groups is 1. The topological polar surface area (TPSA) is 59.6 Å². The monoisotopic (exact) mass is 314 g/mol. The van der Waals surface area contributed by atoms with Crippen LogP contribution < -0.4 is 20.1 Å². The summed E-state index contributed by atoms with van der Waals surface area (Å²) in [6.45, 7) is 4.52. The molecule has 0 aromatic heterocycles. The molecular weight excluding hydrogens is 292 g/mol. The summed E-state index contributed by atoms with van der Waals surface area (Å²) >= 11 is 6.04. The summed E-state index contributed by atoms with van der Waals surface area (Å²) in [6, 6.07) is 3.64. The standard InChI is InChI=1S/C15H23ClN2O3/c1-5-10(2)18-15(19)6-7-17-12-9-13(20-3)11(16)8-14(12)21-4/h8-10,17H,5-7H2,1-4H3,(H,18,19). The van der Waals surface area contributed by atoms with Crippen molar-refractivity contribution in [2.45, 2.75) is 32.7 Å². The zero-order valence-electron chi connectivity index (χ0n) is 13.0. The van der Waals surface area contributed by atoms with Crippen LogP contribution in [0, 0.1) is 0 Å². The van der Waals surface area contributed by atoms with Gasteiger partial charge < -0.3 is 20.1 Å². The highest BCUT2D eigenvalue weighted by atomic mass is 35.5. The van der Waals surface area contributed by atoms with E-state index in [0.29, 0.717) is 29.5 Å². The van der Waals surface area contributed by atoms with E-state index in [-0.39, 0.29) is 11.9 Å². The van der Waals surface area contributed by atoms with Crippen LogP contribution in [0.3, 0.4) is 0 Å². The molecule has 0 bridgehead atoms. The van der Waals surface area contributed by atoms with Crippen LogP contribution in [0.15, 0.2) is 12.1 Å². The minimum atomic E-state index is 0.0248. The third-order valence-electron chi connectivity index (χ3n) is 3.16. The van der Waals surface area contributed by atoms with Gasteiger partial charge in [-0.2, -0.15) is 0 Å². The Morgan fingerprint density at radius 1 is 1.29 bits per heavy atom. The molecule has 1 atom stereocenters. The number of amides is 1. The summed E-state index contributed by atoms with van der Waals surface area (Å²) < 4.78 is 10.4. The maximum Gasteiger partial charge on any atom is 0.221 e. The first-order chi connectivity index (χ1) is 10.0. The summed E-state index contributed by atoms with van der Waals surface area (Å²) in [5, 5.41) is 6.56. The zero-order valence-corrected chi connectivity index (χ0v) is 13.7. The van der Waals surface area contributed by atoms with Crippen LogP contribution in [0.5, 0.6) is 11.5 Å². The molecule has 0 radical (unpaired) electrons. The van der Waals surface area contributed by atoms with Gasteiger partial charge in [-0.05, 0) is 13.3 Å². The molecule has 5 nitrogen and oxygen atoms in total. The van der Waals surface area contributed by atoms with Crippen molar-refractivity contribution in [1.29, 1.82) is 0 Å². The van der Waals surface area contributed by atoms with Crippen molar-refractivity contribution in [3.63, 3.8) is 0 Å². The zero-order chi connectivity index (χ0) is 15.8. The number of ether oxygens (including phenoxy) is 2. The second-order valence-corrected chi connectivity index (χ2v) is 5.15. The van der Waals surface area contributed by atoms with Gasteiger partial charge >= 0.3 is 0 Å². The van der Waals surface area contributed by atoms with Gasteiger partial charge in [-0.1, -0.05) is 18.5 Å². The van der Waals surface area contributed by atoms with E-state index in [1.807, 2.05) is 13.8 Å². The molecule has 21 heavy (non-hydrogen) atoms. The molecule has 1 rings (SSSR count). The highest BCUT2D eigenvalue weighted by Crippen LogP contribution is 2.35. The molecule has 0 aliphatic rings. The lowest BCUT2D eigenvalue weighted by molar-refractivity contribution is -0.121. The van der Waals surface area contributed by atoms with E-state index in [1.54, 1.807) is 26.4 Å². The van der Waals surface area contributed by atoms with Crippen molar-refractivity contribution >= 4 is 23.2 Å². The molecule has 1 unspecified atom stereocenters. The van der Waals surface area contributed by atoms with E-state index in [4.69, 9.17) is 21.1 Å². The van der Waals surface area contributed by atoms with Crippen molar-refractivity contribution in [3.8, 4) is 11.5 Å². The molecule has 118 valence electrons. The van der Waals surface area contributed by atoms with Gasteiger partial charge in [0.2, 0.25) is 5.91 Å². The van der Waals surface area contributed by atoms with E-state index in [0.717, 1.165) is 12.1 Å². The molecule has 1 aromatic carbocycles. The summed E-state index contributed by atoms with van der Waals surface area (Å²) in [7, 11) is 3.12. The lowest BCUT2D eigenvalue weighted by atomic mass is 10.2. The smallest absolute Gasteiger partial charge is 0.221 e. The molecule has 0 heterocycles. The molecular formula is C15H23ClN2O3. The lowest BCUT2D eigenvalue weighted by Gasteiger charge is -2.15. The molecule has 0 aliphatic heterocycles. The first-order valence-electron chi connectivity index (χ1n) is 6.96. The van der Waals surface area contributed by atoms with E-state index < -0.39 is 0 Å². The fourth-order valence-corrected chi connectivity index (χ4v) is 1.99. The van der Waals surface area contributed by atoms with Crippen LogP contribution in [0.1, 0.15) is 26.7 Å². The molecule has 0 saturated carbocycles. The normalized spacial score (nSPS) is 11.7. The van der Waals surface area contributed by atoms with Crippen LogP contribution in [-0.2, 0) is 4.79 Å². The van der Waals surface area contributed by atoms with Crippen molar-refractivity contribution in [2.24, 2.45) is 0 Å². The van der Waals surface area contributed by atoms with E-state index in [2.05, 4.69) is 10.6 Å². The molecule has 0 spiro atoms. The first-order valence-corrected chi connectivity index (χ1v) is 7.34. The number of benzene rings is 1. The largest absolute Gasteiger partial charge is 0.495 e. The predicted molar refractivity (Wildman–Crippen MR) is 85.6 cm³/mol. The lowest BCUT2D eigenvalue weighted by Crippen LogP contribution is -2.32. The third-order valence-corrected chi connectivity index (χ3v) is 3.46. The number of rotatable bonds is 8. The fourth-order valence-electron chi connectivity index (χ4n) is 1.76. The molecule has 1 aromatic rings. The van der Waals surface area contributed by atoms with Crippen molar-refractivity contribution in [2.75, 3.05) is 26.1 Å². The van der Waals surface area contributed by atoms with E-state index in [9.17, 15) is 4.79 Å². The quantitative estimate of drug-likeness (QED) is 0.774. The molecule has 1 amide bonds. The maximum absolute atomic E-state index is 11.7. The Bertz CT molecular complexity index is 480. The number of hydrogen-bond donors (Lipinski definition) is 2. The van der Waals surface area contributed by atoms with Gasteiger partial charge in [0, 0.05) is 31.1 Å². The minimum absolute atomic E-state index is 0.0248. The maximum atomic E-state index is 11.7. The number of nitrogens with one attached hydrogen (secondary N) is 2. The summed E-state index contributed by atoms with van der Waals surface area (Å²) in [5.74, 6) is 1.20. The number of halogens is 1. The Hall–Kier alpha value is -1.62. The van der Waals surface area contributed by atoms with Crippen LogP contribution in [0.25, 0.3) is 0 Å². The number of methoxy groups -OCH3 is 2. The van der Waals surface area contributed by atoms with Crippen molar-refractivity contribution < 1.29 is 14.3 Å². The second-order valence-electron chi connectivity index (χ2n) is 4.74. The minimum Gasteiger partial charge on any atom is -0.495 e. The highest BCUT2D eigenvalue weighted by molar-refractivity contribution is 6.32. The SMILES string of the molecule is CCC(C)NC(=O)CCNc1cc(OC)c(Cl)cc1OC. The molecule has 2 N–H and O–H groups in total. The van der Waals surface area contributed by atoms with Crippen molar-refractivity contribution in [3.05, 3.63) is 17.2 Å². The van der Waals surface area contributed by atoms with Crippen LogP contribution in [-0.4, -0.2) is 32.7 Å². The van der Waals surface area contributed by atoms with Gasteiger partial charge in [0.25, 0.3) is 0 Å². The Labute approximate surface area is 131 Å². The Morgan fingerprint density at radius 3 is 2.52 bits per heavy atom. The van der Waals surface area contributed by atoms with Crippen LogP contribution in [0.2, 0.25) is 5.02 Å². The van der Waals surface area contributed by atoms with Gasteiger partial charge in [0.1, 0.15) is 11.5 Å². The highest BCUT2D eigenvalue weighted by Gasteiger charge is 2.10. The fraction of sp³-hybridized carbons (Fsp3) is 0.533. The first kappa shape index (κ1) is 17.4. The third kappa shape index (κ3) is 5.34. The molecule has 0 fully saturated rings. The van der Waals surface area contributed by atoms with Gasteiger partial charge in [-0.3, -0.25) is 4.79 Å². The molecule has 0 aliphatic carbocycles. The van der Waals surface area contributed by atoms with Gasteiger partial charge in [0.15, 0.2) is 0 Å². The van der Waals surface area contributed by atoms with Gasteiger partial charge in [-0.25, -0.2) is 0 Å². The van der Waals surface area contributed by atoms with Gasteiger partial charge in [-0.15, -0.1) is 0 Å². The van der Waals surface area contributed by atoms with Gasteiger partial charge in [0.05, 0.1) is 24.9 Å². The van der Waals surface area contributed by atoms with Crippen molar-refractivity contribution in [1.82, 2.24) is 5.32 Å². The Balaban J connectivity index is 2.60. The Kier molecular flexibility index (Phi) is 7.15. The molecule has 6 heteroatoms.